The van der Waals surface area contributed by atoms with Crippen molar-refractivity contribution in [1.29, 1.82) is 0 Å². The Morgan fingerprint density at radius 3 is 2.50 bits per heavy atom. The number of carbonyl (C=O) groups excluding carboxylic acids is 1. The molecule has 0 aromatic heterocycles. The summed E-state index contributed by atoms with van der Waals surface area (Å²) < 4.78 is 10.9. The van der Waals surface area contributed by atoms with E-state index in [9.17, 15) is 14.9 Å². The summed E-state index contributed by atoms with van der Waals surface area (Å²) in [5.74, 6) is 1.02. The molecule has 2 aromatic rings. The van der Waals surface area contributed by atoms with Gasteiger partial charge in [0.1, 0.15) is 6.61 Å². The van der Waals surface area contributed by atoms with Crippen LogP contribution in [0.4, 0.5) is 5.69 Å². The second-order valence-electron chi connectivity index (χ2n) is 4.76. The van der Waals surface area contributed by atoms with Crippen molar-refractivity contribution in [3.05, 3.63) is 69.8 Å². The molecule has 0 saturated carbocycles. The highest BCUT2D eigenvalue weighted by molar-refractivity contribution is 6.66. The first kappa shape index (κ1) is 17.5. The van der Waals surface area contributed by atoms with Gasteiger partial charge in [-0.15, -0.1) is 0 Å². The number of rotatable bonds is 7. The van der Waals surface area contributed by atoms with E-state index < -0.39 is 10.2 Å². The Labute approximate surface area is 143 Å². The van der Waals surface area contributed by atoms with Crippen LogP contribution in [0.1, 0.15) is 11.1 Å². The molecule has 0 unspecified atom stereocenters. The van der Waals surface area contributed by atoms with Gasteiger partial charge in [0.05, 0.1) is 12.0 Å². The maximum Gasteiger partial charge on any atom is 0.269 e. The molecule has 0 amide bonds. The number of halogens is 1. The molecule has 6 nitrogen and oxygen atoms in total. The average molecular weight is 348 g/mol. The lowest BCUT2D eigenvalue weighted by Gasteiger charge is -2.11. The van der Waals surface area contributed by atoms with Crippen LogP contribution in [0, 0.1) is 10.1 Å². The van der Waals surface area contributed by atoms with Crippen molar-refractivity contribution in [2.24, 2.45) is 0 Å². The molecule has 0 bridgehead atoms. The number of nitro groups is 1. The number of ether oxygens (including phenoxy) is 2. The van der Waals surface area contributed by atoms with E-state index in [1.165, 1.54) is 25.3 Å². The highest BCUT2D eigenvalue weighted by Gasteiger charge is 2.07. The van der Waals surface area contributed by atoms with Crippen LogP contribution in [0.2, 0.25) is 0 Å². The van der Waals surface area contributed by atoms with Gasteiger partial charge in [-0.2, -0.15) is 0 Å². The van der Waals surface area contributed by atoms with Crippen LogP contribution in [-0.2, 0) is 11.4 Å². The first-order valence-corrected chi connectivity index (χ1v) is 7.29. The van der Waals surface area contributed by atoms with Gasteiger partial charge in [0.15, 0.2) is 11.5 Å². The molecule has 0 aliphatic heterocycles. The third-order valence-corrected chi connectivity index (χ3v) is 3.26. The molecule has 0 saturated heterocycles. The summed E-state index contributed by atoms with van der Waals surface area (Å²) in [6.45, 7) is 0.218. The Kier molecular flexibility index (Phi) is 5.92. The molecule has 2 aromatic carbocycles. The minimum absolute atomic E-state index is 0.0224. The Morgan fingerprint density at radius 1 is 1.21 bits per heavy atom. The third kappa shape index (κ3) is 4.82. The van der Waals surface area contributed by atoms with Crippen molar-refractivity contribution < 1.29 is 19.2 Å². The third-order valence-electron chi connectivity index (χ3n) is 3.14. The van der Waals surface area contributed by atoms with Crippen LogP contribution in [-0.4, -0.2) is 17.3 Å². The van der Waals surface area contributed by atoms with Gasteiger partial charge in [-0.05, 0) is 53.1 Å². The number of hydrogen-bond acceptors (Lipinski definition) is 5. The molecule has 0 aliphatic carbocycles. The molecule has 0 spiro atoms. The van der Waals surface area contributed by atoms with Gasteiger partial charge in [-0.1, -0.05) is 12.1 Å². The Bertz CT molecular complexity index is 771. The molecule has 0 N–H and O–H groups in total. The molecule has 0 heterocycles. The zero-order valence-electron chi connectivity index (χ0n) is 12.8. The van der Waals surface area contributed by atoms with Crippen molar-refractivity contribution in [3.8, 4) is 11.5 Å². The SMILES string of the molecule is COc1ccc(/C=C/C(=O)Cl)cc1OCc1ccc([N+](=O)[O-])cc1. The second-order valence-corrected chi connectivity index (χ2v) is 5.13. The summed E-state index contributed by atoms with van der Waals surface area (Å²) >= 11 is 5.27. The van der Waals surface area contributed by atoms with Crippen molar-refractivity contribution >= 4 is 28.6 Å². The summed E-state index contributed by atoms with van der Waals surface area (Å²) in [7, 11) is 1.52. The lowest BCUT2D eigenvalue weighted by atomic mass is 10.2. The topological polar surface area (TPSA) is 78.7 Å². The fourth-order valence-electron chi connectivity index (χ4n) is 1.95. The summed E-state index contributed by atoms with van der Waals surface area (Å²) in [6.07, 6.45) is 2.80. The number of methoxy groups -OCH3 is 1. The van der Waals surface area contributed by atoms with E-state index in [2.05, 4.69) is 0 Å². The Balaban J connectivity index is 2.13. The van der Waals surface area contributed by atoms with Crippen molar-refractivity contribution in [1.82, 2.24) is 0 Å². The molecular weight excluding hydrogens is 334 g/mol. The summed E-state index contributed by atoms with van der Waals surface area (Å²) in [5.41, 5.74) is 1.53. The largest absolute Gasteiger partial charge is 0.493 e. The van der Waals surface area contributed by atoms with Gasteiger partial charge in [-0.3, -0.25) is 14.9 Å². The van der Waals surface area contributed by atoms with Crippen LogP contribution in [0.15, 0.2) is 48.5 Å². The average Bonchev–Trinajstić information content (AvgIpc) is 2.58. The summed E-state index contributed by atoms with van der Waals surface area (Å²) in [4.78, 5) is 21.0. The van der Waals surface area contributed by atoms with Gasteiger partial charge < -0.3 is 9.47 Å². The molecular formula is C17H14ClNO5. The van der Waals surface area contributed by atoms with Crippen LogP contribution in [0.25, 0.3) is 6.08 Å². The van der Waals surface area contributed by atoms with Crippen molar-refractivity contribution in [2.75, 3.05) is 7.11 Å². The maximum atomic E-state index is 10.8. The fraction of sp³-hybridized carbons (Fsp3) is 0.118. The zero-order valence-corrected chi connectivity index (χ0v) is 13.5. The Morgan fingerprint density at radius 2 is 1.92 bits per heavy atom. The van der Waals surface area contributed by atoms with Gasteiger partial charge in [0.2, 0.25) is 5.24 Å². The second kappa shape index (κ2) is 8.12. The number of benzene rings is 2. The van der Waals surface area contributed by atoms with Gasteiger partial charge >= 0.3 is 0 Å². The number of nitrogens with zero attached hydrogens (tertiary/aromatic N) is 1. The van der Waals surface area contributed by atoms with Gasteiger partial charge in [0, 0.05) is 12.1 Å². The van der Waals surface area contributed by atoms with E-state index in [0.717, 1.165) is 11.1 Å². The smallest absolute Gasteiger partial charge is 0.269 e. The number of allylic oxidation sites excluding steroid dienone is 1. The van der Waals surface area contributed by atoms with Crippen molar-refractivity contribution in [3.63, 3.8) is 0 Å². The minimum Gasteiger partial charge on any atom is -0.493 e. The number of non-ortho nitro benzene ring substituents is 1. The number of carbonyl (C=O) groups is 1. The monoisotopic (exact) mass is 347 g/mol. The molecule has 24 heavy (non-hydrogen) atoms. The summed E-state index contributed by atoms with van der Waals surface area (Å²) in [6, 6.07) is 11.3. The number of nitro benzene ring substituents is 1. The fourth-order valence-corrected chi connectivity index (χ4v) is 2.01. The van der Waals surface area contributed by atoms with E-state index >= 15 is 0 Å². The Hall–Kier alpha value is -2.86. The van der Waals surface area contributed by atoms with E-state index in [0.29, 0.717) is 11.5 Å². The standard InChI is InChI=1S/C17H14ClNO5/c1-23-15-8-4-12(5-9-17(18)20)10-16(15)24-11-13-2-6-14(7-3-13)19(21)22/h2-10H,11H2,1H3/b9-5+. The van der Waals surface area contributed by atoms with E-state index in [1.54, 1.807) is 36.4 Å². The summed E-state index contributed by atoms with van der Waals surface area (Å²) in [5, 5.41) is 10.1. The predicted molar refractivity (Wildman–Crippen MR) is 90.3 cm³/mol. The van der Waals surface area contributed by atoms with Crippen LogP contribution in [0.5, 0.6) is 11.5 Å². The highest BCUT2D eigenvalue weighted by atomic mass is 35.5. The quantitative estimate of drug-likeness (QED) is 0.328. The molecule has 0 radical (unpaired) electrons. The normalized spacial score (nSPS) is 10.6. The molecule has 7 heteroatoms. The lowest BCUT2D eigenvalue weighted by Crippen LogP contribution is -1.98. The molecule has 0 aliphatic rings. The molecule has 124 valence electrons. The first-order chi connectivity index (χ1) is 11.5. The van der Waals surface area contributed by atoms with E-state index in [-0.39, 0.29) is 12.3 Å². The van der Waals surface area contributed by atoms with Crippen LogP contribution >= 0.6 is 11.6 Å². The lowest BCUT2D eigenvalue weighted by molar-refractivity contribution is -0.384. The van der Waals surface area contributed by atoms with Gasteiger partial charge in [-0.25, -0.2) is 0 Å². The highest BCUT2D eigenvalue weighted by Crippen LogP contribution is 2.29. The molecule has 2 rings (SSSR count). The predicted octanol–water partition coefficient (Wildman–Crippen LogP) is 3.96. The zero-order chi connectivity index (χ0) is 17.5. The van der Waals surface area contributed by atoms with Gasteiger partial charge in [0.25, 0.3) is 5.69 Å². The van der Waals surface area contributed by atoms with Crippen molar-refractivity contribution in [2.45, 2.75) is 6.61 Å². The minimum atomic E-state index is -0.570. The van der Waals surface area contributed by atoms with E-state index in [1.807, 2.05) is 0 Å². The first-order valence-electron chi connectivity index (χ1n) is 6.91. The van der Waals surface area contributed by atoms with Crippen LogP contribution < -0.4 is 9.47 Å². The van der Waals surface area contributed by atoms with E-state index in [4.69, 9.17) is 21.1 Å². The number of hydrogen-bond donors (Lipinski definition) is 0. The maximum absolute atomic E-state index is 10.8. The van der Waals surface area contributed by atoms with Crippen LogP contribution in [0.3, 0.4) is 0 Å². The molecule has 0 atom stereocenters. The molecule has 0 fully saturated rings.